The van der Waals surface area contributed by atoms with E-state index in [-0.39, 0.29) is 20.3 Å². The summed E-state index contributed by atoms with van der Waals surface area (Å²) in [6.45, 7) is 0.835. The smallest absolute Gasteiger partial charge is 0.300 e. The van der Waals surface area contributed by atoms with E-state index in [1.165, 1.54) is 4.31 Å². The molecular weight excluding hydrogens is 338 g/mol. The maximum Gasteiger partial charge on any atom is 0.300 e. The molecule has 116 valence electrons. The highest BCUT2D eigenvalue weighted by Gasteiger charge is 2.36. The Kier molecular flexibility index (Phi) is 3.95. The van der Waals surface area contributed by atoms with Crippen LogP contribution in [0.15, 0.2) is 10.3 Å². The van der Waals surface area contributed by atoms with Crippen LogP contribution in [0.5, 0.6) is 0 Å². The third-order valence-electron chi connectivity index (χ3n) is 3.92. The normalized spacial score (nSPS) is 26.7. The summed E-state index contributed by atoms with van der Waals surface area (Å²) in [6.07, 6.45) is 2.80. The van der Waals surface area contributed by atoms with Crippen molar-refractivity contribution >= 4 is 38.6 Å². The lowest BCUT2D eigenvalue weighted by Crippen LogP contribution is -2.38. The molecule has 0 amide bonds. The summed E-state index contributed by atoms with van der Waals surface area (Å²) in [6, 6.07) is 1.59. The average Bonchev–Trinajstić information content (AvgIpc) is 2.92. The maximum absolute atomic E-state index is 12.6. The van der Waals surface area contributed by atoms with Gasteiger partial charge in [-0.2, -0.15) is 4.31 Å². The summed E-state index contributed by atoms with van der Waals surface area (Å²) in [7, 11) is -3.72. The number of rotatable bonds is 3. The van der Waals surface area contributed by atoms with Crippen LogP contribution in [-0.2, 0) is 10.0 Å². The van der Waals surface area contributed by atoms with E-state index in [1.54, 1.807) is 0 Å². The summed E-state index contributed by atoms with van der Waals surface area (Å²) in [5.74, 6) is 0. The molecule has 21 heavy (non-hydrogen) atoms. The van der Waals surface area contributed by atoms with Gasteiger partial charge in [-0.05, 0) is 19.3 Å². The van der Waals surface area contributed by atoms with Gasteiger partial charge in [0.15, 0.2) is 4.34 Å². The second-order valence-corrected chi connectivity index (χ2v) is 9.09. The molecule has 10 heteroatoms. The van der Waals surface area contributed by atoms with Crippen molar-refractivity contribution in [3.63, 3.8) is 0 Å². The first kappa shape index (κ1) is 15.2. The van der Waals surface area contributed by atoms with Gasteiger partial charge in [-0.3, -0.25) is 10.1 Å². The number of hydrogen-bond donors (Lipinski definition) is 1. The second kappa shape index (κ2) is 5.47. The van der Waals surface area contributed by atoms with Crippen molar-refractivity contribution in [2.45, 2.75) is 35.6 Å². The van der Waals surface area contributed by atoms with Gasteiger partial charge in [-0.1, -0.05) is 11.6 Å². The molecule has 3 heterocycles. The highest BCUT2D eigenvalue weighted by molar-refractivity contribution is 7.91. The zero-order chi connectivity index (χ0) is 15.2. The highest BCUT2D eigenvalue weighted by atomic mass is 35.5. The average molecular weight is 352 g/mol. The molecule has 2 aliphatic heterocycles. The van der Waals surface area contributed by atoms with Gasteiger partial charge in [0.2, 0.25) is 0 Å². The Hall–Kier alpha value is -0.740. The van der Waals surface area contributed by atoms with Crippen molar-refractivity contribution < 1.29 is 13.3 Å². The van der Waals surface area contributed by atoms with Crippen molar-refractivity contribution in [1.82, 2.24) is 9.62 Å². The van der Waals surface area contributed by atoms with E-state index >= 15 is 0 Å². The summed E-state index contributed by atoms with van der Waals surface area (Å²) >= 11 is 6.51. The quantitative estimate of drug-likeness (QED) is 0.662. The van der Waals surface area contributed by atoms with Crippen molar-refractivity contribution in [3.05, 3.63) is 20.5 Å². The van der Waals surface area contributed by atoms with Crippen molar-refractivity contribution in [2.75, 3.05) is 13.1 Å². The van der Waals surface area contributed by atoms with Gasteiger partial charge >= 0.3 is 0 Å². The van der Waals surface area contributed by atoms with Gasteiger partial charge in [0.05, 0.1) is 4.92 Å². The SMILES string of the molecule is O=[N+]([O-])c1cc(S(=O)(=O)N2CCC3CCC(C2)N3)sc1Cl. The minimum Gasteiger partial charge on any atom is -0.310 e. The van der Waals surface area contributed by atoms with Crippen LogP contribution in [0.25, 0.3) is 0 Å². The minimum absolute atomic E-state index is 0.0584. The summed E-state index contributed by atoms with van der Waals surface area (Å²) in [4.78, 5) is 10.1. The zero-order valence-corrected chi connectivity index (χ0v) is 13.4. The van der Waals surface area contributed by atoms with Crippen LogP contribution >= 0.6 is 22.9 Å². The van der Waals surface area contributed by atoms with Gasteiger partial charge in [0.1, 0.15) is 4.21 Å². The van der Waals surface area contributed by atoms with Gasteiger partial charge in [-0.15, -0.1) is 11.3 Å². The monoisotopic (exact) mass is 351 g/mol. The molecule has 0 aliphatic carbocycles. The second-order valence-electron chi connectivity index (χ2n) is 5.27. The van der Waals surface area contributed by atoms with Crippen molar-refractivity contribution in [2.24, 2.45) is 0 Å². The summed E-state index contributed by atoms with van der Waals surface area (Å²) in [5, 5.41) is 14.2. The number of nitro groups is 1. The number of nitrogens with one attached hydrogen (secondary N) is 1. The molecule has 2 bridgehead atoms. The van der Waals surface area contributed by atoms with Gasteiger partial charge in [-0.25, -0.2) is 8.42 Å². The molecule has 2 aliphatic rings. The molecule has 1 aromatic heterocycles. The van der Waals surface area contributed by atoms with Crippen LogP contribution in [-0.4, -0.2) is 42.8 Å². The first-order valence-corrected chi connectivity index (χ1v) is 9.21. The van der Waals surface area contributed by atoms with Gasteiger partial charge < -0.3 is 5.32 Å². The Balaban J connectivity index is 1.89. The van der Waals surface area contributed by atoms with E-state index < -0.39 is 14.9 Å². The fourth-order valence-corrected chi connectivity index (χ4v) is 6.17. The van der Waals surface area contributed by atoms with Gasteiger partial charge in [0, 0.05) is 31.2 Å². The van der Waals surface area contributed by atoms with E-state index in [4.69, 9.17) is 11.6 Å². The van der Waals surface area contributed by atoms with Crippen molar-refractivity contribution in [1.29, 1.82) is 0 Å². The highest BCUT2D eigenvalue weighted by Crippen LogP contribution is 2.38. The van der Waals surface area contributed by atoms with Crippen LogP contribution in [0, 0.1) is 10.1 Å². The van der Waals surface area contributed by atoms with E-state index in [0.29, 0.717) is 19.1 Å². The lowest BCUT2D eigenvalue weighted by Gasteiger charge is -2.22. The van der Waals surface area contributed by atoms with Crippen LogP contribution < -0.4 is 5.32 Å². The standard InChI is InChI=1S/C11H14ClN3O4S2/c12-11-9(15(16)17)5-10(20-11)21(18,19)14-4-3-7-1-2-8(6-14)13-7/h5,7-8,13H,1-4,6H2. The Bertz CT molecular complexity index is 675. The first-order valence-electron chi connectivity index (χ1n) is 6.58. The number of halogens is 1. The predicted molar refractivity (Wildman–Crippen MR) is 79.3 cm³/mol. The summed E-state index contributed by atoms with van der Waals surface area (Å²) in [5.41, 5.74) is -0.352. The minimum atomic E-state index is -3.72. The molecule has 2 atom stereocenters. The zero-order valence-electron chi connectivity index (χ0n) is 11.0. The third-order valence-corrected chi connectivity index (χ3v) is 7.58. The fraction of sp³-hybridized carbons (Fsp3) is 0.636. The lowest BCUT2D eigenvalue weighted by molar-refractivity contribution is -0.384. The van der Waals surface area contributed by atoms with Gasteiger partial charge in [0.25, 0.3) is 15.7 Å². The molecule has 0 spiro atoms. The molecule has 7 nitrogen and oxygen atoms in total. The lowest BCUT2D eigenvalue weighted by atomic mass is 10.1. The Morgan fingerprint density at radius 3 is 2.76 bits per heavy atom. The molecule has 2 unspecified atom stereocenters. The van der Waals surface area contributed by atoms with Crippen LogP contribution in [0.2, 0.25) is 4.34 Å². The number of fused-ring (bicyclic) bond motifs is 2. The van der Waals surface area contributed by atoms with E-state index in [1.807, 2.05) is 0 Å². The molecule has 0 radical (unpaired) electrons. The predicted octanol–water partition coefficient (Wildman–Crippen LogP) is 1.82. The van der Waals surface area contributed by atoms with Crippen molar-refractivity contribution in [3.8, 4) is 0 Å². The molecule has 0 aromatic carbocycles. The van der Waals surface area contributed by atoms with Crippen LogP contribution in [0.4, 0.5) is 5.69 Å². The molecular formula is C11H14ClN3O4S2. The van der Waals surface area contributed by atoms with E-state index in [9.17, 15) is 18.5 Å². The summed E-state index contributed by atoms with van der Waals surface area (Å²) < 4.78 is 26.5. The number of hydrogen-bond acceptors (Lipinski definition) is 6. The molecule has 1 N–H and O–H groups in total. The molecule has 2 fully saturated rings. The Morgan fingerprint density at radius 1 is 1.38 bits per heavy atom. The van der Waals surface area contributed by atoms with E-state index in [2.05, 4.69) is 5.32 Å². The molecule has 0 saturated carbocycles. The topological polar surface area (TPSA) is 92.5 Å². The molecule has 2 saturated heterocycles. The first-order chi connectivity index (χ1) is 9.88. The largest absolute Gasteiger partial charge is 0.310 e. The third kappa shape index (κ3) is 2.80. The Morgan fingerprint density at radius 2 is 2.10 bits per heavy atom. The molecule has 1 aromatic rings. The number of nitrogens with zero attached hydrogens (tertiary/aromatic N) is 2. The fourth-order valence-electron chi connectivity index (χ4n) is 2.85. The Labute approximate surface area is 131 Å². The van der Waals surface area contributed by atoms with E-state index in [0.717, 1.165) is 36.7 Å². The van der Waals surface area contributed by atoms with Crippen LogP contribution in [0.1, 0.15) is 19.3 Å². The number of thiophene rings is 1. The van der Waals surface area contributed by atoms with Crippen LogP contribution in [0.3, 0.4) is 0 Å². The number of sulfonamides is 1. The maximum atomic E-state index is 12.6. The molecule has 3 rings (SSSR count).